The molecule has 0 aromatic heterocycles. The van der Waals surface area contributed by atoms with E-state index < -0.39 is 0 Å². The number of nitrogens with one attached hydrogen (secondary N) is 2. The molecule has 4 heteroatoms. The Kier molecular flexibility index (Phi) is 3.53. The van der Waals surface area contributed by atoms with Crippen LogP contribution in [0.25, 0.3) is 0 Å². The van der Waals surface area contributed by atoms with Crippen LogP contribution >= 0.6 is 0 Å². The Bertz CT molecular complexity index is 497. The molecule has 6 rings (SSSR count). The average Bonchev–Trinajstić information content (AvgIpc) is 2.64. The summed E-state index contributed by atoms with van der Waals surface area (Å²) < 4.78 is 6.78. The molecule has 0 aromatic carbocycles. The van der Waals surface area contributed by atoms with Crippen molar-refractivity contribution in [3.8, 4) is 0 Å². The molecule has 6 aliphatic rings. The van der Waals surface area contributed by atoms with Crippen LogP contribution < -0.4 is 10.6 Å². The maximum Gasteiger partial charge on any atom is 0.0737 e. The molecule has 2 N–H and O–H groups in total. The third kappa shape index (κ3) is 2.00. The van der Waals surface area contributed by atoms with Crippen molar-refractivity contribution in [3.05, 3.63) is 0 Å². The normalized spacial score (nSPS) is 56.8. The zero-order valence-corrected chi connectivity index (χ0v) is 14.8. The van der Waals surface area contributed by atoms with E-state index in [2.05, 4.69) is 15.5 Å². The predicted molar refractivity (Wildman–Crippen MR) is 93.7 cm³/mol. The number of nitrogens with zero attached hydrogens (tertiary/aromatic N) is 1. The fraction of sp³-hybridized carbons (Fsp3) is 1.00. The summed E-state index contributed by atoms with van der Waals surface area (Å²) in [7, 11) is 0. The van der Waals surface area contributed by atoms with Gasteiger partial charge in [-0.2, -0.15) is 0 Å². The van der Waals surface area contributed by atoms with Gasteiger partial charge in [0.25, 0.3) is 0 Å². The third-order valence-corrected chi connectivity index (χ3v) is 8.49. The number of morpholine rings is 1. The van der Waals surface area contributed by atoms with Gasteiger partial charge in [-0.05, 0) is 63.5 Å². The van der Waals surface area contributed by atoms with Crippen LogP contribution in [0.15, 0.2) is 0 Å². The van der Waals surface area contributed by atoms with Gasteiger partial charge in [0.2, 0.25) is 0 Å². The SMILES string of the molecule is C1CCC2C(C1)OC1CCCC3C4CCNC5NCCC(C54)N2C13. The topological polar surface area (TPSA) is 36.5 Å². The van der Waals surface area contributed by atoms with Crippen molar-refractivity contribution in [2.24, 2.45) is 17.8 Å². The van der Waals surface area contributed by atoms with Gasteiger partial charge in [0.05, 0.1) is 18.4 Å². The molecule has 0 radical (unpaired) electrons. The first kappa shape index (κ1) is 15.0. The number of ether oxygens (including phenoxy) is 1. The van der Waals surface area contributed by atoms with Crippen LogP contribution in [0.4, 0.5) is 0 Å². The molecule has 0 amide bonds. The van der Waals surface area contributed by atoms with Crippen LogP contribution in [-0.2, 0) is 4.74 Å². The van der Waals surface area contributed by atoms with Gasteiger partial charge in [0.15, 0.2) is 0 Å². The van der Waals surface area contributed by atoms with E-state index in [4.69, 9.17) is 4.74 Å². The van der Waals surface area contributed by atoms with E-state index in [-0.39, 0.29) is 0 Å². The summed E-state index contributed by atoms with van der Waals surface area (Å²) in [5.74, 6) is 2.67. The summed E-state index contributed by atoms with van der Waals surface area (Å²) in [5, 5.41) is 7.64. The minimum Gasteiger partial charge on any atom is -0.372 e. The molecule has 0 aromatic rings. The van der Waals surface area contributed by atoms with Crippen molar-refractivity contribution in [2.75, 3.05) is 13.1 Å². The van der Waals surface area contributed by atoms with Gasteiger partial charge < -0.3 is 15.4 Å². The lowest BCUT2D eigenvalue weighted by Crippen LogP contribution is -2.77. The van der Waals surface area contributed by atoms with Crippen LogP contribution in [0.1, 0.15) is 57.8 Å². The van der Waals surface area contributed by atoms with Crippen molar-refractivity contribution in [1.82, 2.24) is 15.5 Å². The van der Waals surface area contributed by atoms with E-state index in [1.54, 1.807) is 0 Å². The maximum absolute atomic E-state index is 6.78. The molecule has 2 aliphatic carbocycles. The molecule has 0 spiro atoms. The quantitative estimate of drug-likeness (QED) is 0.713. The number of piperidine rings is 3. The minimum absolute atomic E-state index is 0.542. The summed E-state index contributed by atoms with van der Waals surface area (Å²) in [4.78, 5) is 3.09. The smallest absolute Gasteiger partial charge is 0.0737 e. The standard InChI is InChI=1S/C20H33N3O/c1-2-6-16-14(5-1)23-15-9-11-22-20-18(15)12(8-10-21-20)13-4-3-7-17(24-16)19(13)23/h12-22H,1-11H2. The first-order valence-corrected chi connectivity index (χ1v) is 10.8. The van der Waals surface area contributed by atoms with Gasteiger partial charge in [-0.15, -0.1) is 0 Å². The highest BCUT2D eigenvalue weighted by Crippen LogP contribution is 2.53. The molecular formula is C20H33N3O. The molecule has 9 atom stereocenters. The lowest BCUT2D eigenvalue weighted by Gasteiger charge is -2.67. The number of hydrogen-bond donors (Lipinski definition) is 2. The third-order valence-electron chi connectivity index (χ3n) is 8.49. The van der Waals surface area contributed by atoms with Crippen LogP contribution in [0.5, 0.6) is 0 Å². The predicted octanol–water partition coefficient (Wildman–Crippen LogP) is 2.09. The van der Waals surface area contributed by atoms with E-state index >= 15 is 0 Å². The Morgan fingerprint density at radius 2 is 1.54 bits per heavy atom. The van der Waals surface area contributed by atoms with Gasteiger partial charge in [0.1, 0.15) is 0 Å². The van der Waals surface area contributed by atoms with E-state index in [1.807, 2.05) is 0 Å². The van der Waals surface area contributed by atoms with Crippen LogP contribution in [0.2, 0.25) is 0 Å². The van der Waals surface area contributed by atoms with Gasteiger partial charge in [-0.1, -0.05) is 19.3 Å². The van der Waals surface area contributed by atoms with Crippen LogP contribution in [0.3, 0.4) is 0 Å². The molecule has 6 fully saturated rings. The lowest BCUT2D eigenvalue weighted by molar-refractivity contribution is -0.244. The van der Waals surface area contributed by atoms with Gasteiger partial charge in [0, 0.05) is 24.0 Å². The Morgan fingerprint density at radius 3 is 2.50 bits per heavy atom. The van der Waals surface area contributed by atoms with Crippen molar-refractivity contribution in [2.45, 2.75) is 94.3 Å². The van der Waals surface area contributed by atoms with E-state index in [0.717, 1.165) is 35.9 Å². The average molecular weight is 332 g/mol. The molecule has 9 unspecified atom stereocenters. The number of fused-ring (bicyclic) bond motifs is 4. The van der Waals surface area contributed by atoms with Crippen molar-refractivity contribution >= 4 is 0 Å². The number of hydrogen-bond acceptors (Lipinski definition) is 4. The lowest BCUT2D eigenvalue weighted by atomic mass is 9.58. The molecule has 0 bridgehead atoms. The molecule has 2 saturated carbocycles. The first-order chi connectivity index (χ1) is 11.9. The molecule has 24 heavy (non-hydrogen) atoms. The van der Waals surface area contributed by atoms with E-state index in [1.165, 1.54) is 70.9 Å². The zero-order valence-electron chi connectivity index (χ0n) is 14.8. The van der Waals surface area contributed by atoms with Crippen molar-refractivity contribution in [3.63, 3.8) is 0 Å². The fourth-order valence-corrected chi connectivity index (χ4v) is 7.81. The summed E-state index contributed by atoms with van der Waals surface area (Å²) in [6.45, 7) is 2.41. The second-order valence-electron chi connectivity index (χ2n) is 9.37. The molecule has 134 valence electrons. The molecule has 4 aliphatic heterocycles. The Hall–Kier alpha value is -0.160. The Labute approximate surface area is 146 Å². The monoisotopic (exact) mass is 331 g/mol. The van der Waals surface area contributed by atoms with Gasteiger partial charge >= 0.3 is 0 Å². The highest BCUT2D eigenvalue weighted by atomic mass is 16.5. The summed E-state index contributed by atoms with van der Waals surface area (Å²) in [6, 6.07) is 2.29. The zero-order chi connectivity index (χ0) is 15.7. The number of rotatable bonds is 0. The second-order valence-corrected chi connectivity index (χ2v) is 9.37. The molecule has 4 saturated heterocycles. The molecule has 4 nitrogen and oxygen atoms in total. The summed E-state index contributed by atoms with van der Waals surface area (Å²) in [6.07, 6.45) is 14.1. The highest BCUT2D eigenvalue weighted by Gasteiger charge is 2.60. The molecular weight excluding hydrogens is 298 g/mol. The summed E-state index contributed by atoms with van der Waals surface area (Å²) in [5.41, 5.74) is 0. The van der Waals surface area contributed by atoms with Crippen molar-refractivity contribution in [1.29, 1.82) is 0 Å². The largest absolute Gasteiger partial charge is 0.372 e. The Balaban J connectivity index is 1.43. The van der Waals surface area contributed by atoms with Gasteiger partial charge in [-0.25, -0.2) is 0 Å². The van der Waals surface area contributed by atoms with Crippen LogP contribution in [0, 0.1) is 17.8 Å². The maximum atomic E-state index is 6.78. The second kappa shape index (κ2) is 5.67. The van der Waals surface area contributed by atoms with Gasteiger partial charge in [-0.3, -0.25) is 4.90 Å². The van der Waals surface area contributed by atoms with Crippen molar-refractivity contribution < 1.29 is 4.74 Å². The first-order valence-electron chi connectivity index (χ1n) is 10.8. The fourth-order valence-electron chi connectivity index (χ4n) is 7.81. The highest BCUT2D eigenvalue weighted by molar-refractivity contribution is 5.13. The van der Waals surface area contributed by atoms with E-state index in [0.29, 0.717) is 18.4 Å². The van der Waals surface area contributed by atoms with E-state index in [9.17, 15) is 0 Å². The summed E-state index contributed by atoms with van der Waals surface area (Å²) >= 11 is 0. The molecule has 4 heterocycles. The Morgan fingerprint density at radius 1 is 0.708 bits per heavy atom. The van der Waals surface area contributed by atoms with Crippen LogP contribution in [-0.4, -0.2) is 54.5 Å². The minimum atomic E-state index is 0.542.